The first-order valence-electron chi connectivity index (χ1n) is 12.4. The molecule has 1 heterocycles. The summed E-state index contributed by atoms with van der Waals surface area (Å²) in [7, 11) is -2.13. The smallest absolute Gasteiger partial charge is 0.325 e. The van der Waals surface area contributed by atoms with E-state index in [1.165, 1.54) is 37.6 Å². The molecule has 4 rings (SSSR count). The molecule has 0 radical (unpaired) electrons. The average Bonchev–Trinajstić information content (AvgIpc) is 3.39. The van der Waals surface area contributed by atoms with Gasteiger partial charge in [-0.15, -0.1) is 11.3 Å². The fourth-order valence-corrected chi connectivity index (χ4v) is 6.22. The van der Waals surface area contributed by atoms with E-state index in [1.54, 1.807) is 42.5 Å². The highest BCUT2D eigenvalue weighted by atomic mass is 32.2. The molecule has 10 nitrogen and oxygen atoms in total. The number of nitrogens with one attached hydrogen (secondary N) is 2. The number of benzene rings is 3. The van der Waals surface area contributed by atoms with Crippen molar-refractivity contribution in [1.29, 1.82) is 0 Å². The zero-order valence-corrected chi connectivity index (χ0v) is 23.8. The normalized spacial score (nSPS) is 11.1. The van der Waals surface area contributed by atoms with Crippen LogP contribution in [-0.2, 0) is 27.5 Å². The van der Waals surface area contributed by atoms with E-state index in [2.05, 4.69) is 15.6 Å². The van der Waals surface area contributed by atoms with Crippen molar-refractivity contribution in [3.05, 3.63) is 100 Å². The third-order valence-corrected chi connectivity index (χ3v) is 8.75. The molecule has 3 N–H and O–H groups in total. The summed E-state index contributed by atoms with van der Waals surface area (Å²) in [5, 5.41) is 14.5. The van der Waals surface area contributed by atoms with Gasteiger partial charge in [-0.3, -0.25) is 14.9 Å². The summed E-state index contributed by atoms with van der Waals surface area (Å²) in [6, 6.07) is 17.1. The molecule has 2 amide bonds. The number of carboxylic acids is 1. The van der Waals surface area contributed by atoms with Gasteiger partial charge in [-0.1, -0.05) is 35.9 Å². The first-order valence-corrected chi connectivity index (χ1v) is 14.9. The molecule has 1 aromatic heterocycles. The summed E-state index contributed by atoms with van der Waals surface area (Å²) in [5.41, 5.74) is 2.31. The Labute approximate surface area is 240 Å². The van der Waals surface area contributed by atoms with Gasteiger partial charge in [0, 0.05) is 16.6 Å². The maximum absolute atomic E-state index is 13.3. The van der Waals surface area contributed by atoms with Crippen LogP contribution in [-0.4, -0.2) is 49.2 Å². The second kappa shape index (κ2) is 12.7. The highest BCUT2D eigenvalue weighted by molar-refractivity contribution is 7.91. The number of thiazole rings is 1. The highest BCUT2D eigenvalue weighted by Crippen LogP contribution is 2.27. The van der Waals surface area contributed by atoms with Crippen LogP contribution < -0.4 is 15.4 Å². The van der Waals surface area contributed by atoms with Crippen molar-refractivity contribution in [3.8, 4) is 5.75 Å². The average molecular weight is 594 g/mol. The molecule has 0 unspecified atom stereocenters. The van der Waals surface area contributed by atoms with Gasteiger partial charge in [0.1, 0.15) is 5.75 Å². The molecule has 0 atom stereocenters. The van der Waals surface area contributed by atoms with Crippen LogP contribution in [0, 0.1) is 6.92 Å². The Morgan fingerprint density at radius 3 is 2.41 bits per heavy atom. The Morgan fingerprint density at radius 2 is 1.71 bits per heavy atom. The van der Waals surface area contributed by atoms with E-state index in [1.807, 2.05) is 6.92 Å². The SMILES string of the molecule is COc1ccccc1C(=O)c1cc(C)ccc1NC(=O)Nc1ncc(CCS(=O)(=O)c2ccc(CC(=O)O)cc2)s1. The zero-order chi connectivity index (χ0) is 29.6. The number of para-hydroxylation sites is 1. The molecule has 41 heavy (non-hydrogen) atoms. The second-order valence-electron chi connectivity index (χ2n) is 9.07. The van der Waals surface area contributed by atoms with Gasteiger partial charge in [0.2, 0.25) is 0 Å². The Kier molecular flexibility index (Phi) is 9.15. The van der Waals surface area contributed by atoms with Crippen LogP contribution in [0.2, 0.25) is 0 Å². The lowest BCUT2D eigenvalue weighted by molar-refractivity contribution is -0.136. The predicted molar refractivity (Wildman–Crippen MR) is 156 cm³/mol. The number of aliphatic carboxylic acids is 1. The molecule has 3 aromatic carbocycles. The van der Waals surface area contributed by atoms with Gasteiger partial charge in [0.15, 0.2) is 20.8 Å². The number of ether oxygens (including phenoxy) is 1. The number of carboxylic acid groups (broad SMARTS) is 1. The number of aromatic nitrogens is 1. The lowest BCUT2D eigenvalue weighted by Crippen LogP contribution is -2.21. The Bertz CT molecular complexity index is 1700. The maximum atomic E-state index is 13.3. The fraction of sp³-hybridized carbons (Fsp3) is 0.172. The van der Waals surface area contributed by atoms with Crippen LogP contribution in [0.5, 0.6) is 5.75 Å². The van der Waals surface area contributed by atoms with E-state index in [4.69, 9.17) is 9.84 Å². The number of rotatable bonds is 11. The Hall–Kier alpha value is -4.55. The molecule has 0 aliphatic rings. The third kappa shape index (κ3) is 7.56. The fourth-order valence-electron chi connectivity index (χ4n) is 4.01. The Morgan fingerprint density at radius 1 is 0.976 bits per heavy atom. The molecule has 0 aliphatic carbocycles. The molecule has 0 aliphatic heterocycles. The van der Waals surface area contributed by atoms with Crippen LogP contribution in [0.25, 0.3) is 0 Å². The van der Waals surface area contributed by atoms with E-state index in [0.29, 0.717) is 33.0 Å². The molecule has 4 aromatic rings. The van der Waals surface area contributed by atoms with Crippen molar-refractivity contribution in [3.63, 3.8) is 0 Å². The first kappa shape index (κ1) is 29.4. The number of anilines is 2. The minimum Gasteiger partial charge on any atom is -0.496 e. The molecule has 0 saturated carbocycles. The number of ketones is 1. The number of urea groups is 1. The van der Waals surface area contributed by atoms with Crippen LogP contribution >= 0.6 is 11.3 Å². The van der Waals surface area contributed by atoms with E-state index >= 15 is 0 Å². The lowest BCUT2D eigenvalue weighted by Gasteiger charge is -2.13. The molecule has 0 fully saturated rings. The number of hydrogen-bond acceptors (Lipinski definition) is 8. The standard InChI is InChI=1S/C29H27N3O7S2/c1-18-7-12-24(23(15-18)27(35)22-5-3-4-6-25(22)39-2)31-28(36)32-29-30-17-20(40-29)13-14-41(37,38)21-10-8-19(9-11-21)16-26(33)34/h3-12,15,17H,13-14,16H2,1-2H3,(H,33,34)(H2,30,31,32,36). The predicted octanol–water partition coefficient (Wildman–Crippen LogP) is 4.98. The van der Waals surface area contributed by atoms with E-state index in [-0.39, 0.29) is 34.4 Å². The third-order valence-electron chi connectivity index (χ3n) is 6.05. The lowest BCUT2D eigenvalue weighted by atomic mass is 9.99. The number of methoxy groups -OCH3 is 1. The molecule has 12 heteroatoms. The summed E-state index contributed by atoms with van der Waals surface area (Å²) in [6.07, 6.45) is 1.48. The van der Waals surface area contributed by atoms with Gasteiger partial charge >= 0.3 is 12.0 Å². The summed E-state index contributed by atoms with van der Waals surface area (Å²) >= 11 is 1.14. The van der Waals surface area contributed by atoms with E-state index < -0.39 is 21.8 Å². The summed E-state index contributed by atoms with van der Waals surface area (Å²) in [6.45, 7) is 1.84. The largest absolute Gasteiger partial charge is 0.496 e. The zero-order valence-electron chi connectivity index (χ0n) is 22.2. The minimum atomic E-state index is -3.61. The van der Waals surface area contributed by atoms with Crippen LogP contribution in [0.1, 0.15) is 31.9 Å². The van der Waals surface area contributed by atoms with Gasteiger partial charge in [0.05, 0.1) is 35.4 Å². The molecular weight excluding hydrogens is 566 g/mol. The van der Waals surface area contributed by atoms with Crippen molar-refractivity contribution in [2.24, 2.45) is 0 Å². The van der Waals surface area contributed by atoms with Gasteiger partial charge in [0.25, 0.3) is 0 Å². The second-order valence-corrected chi connectivity index (χ2v) is 12.3. The number of carbonyl (C=O) groups excluding carboxylic acids is 2. The molecule has 0 bridgehead atoms. The van der Waals surface area contributed by atoms with Crippen LogP contribution in [0.3, 0.4) is 0 Å². The Balaban J connectivity index is 1.40. The van der Waals surface area contributed by atoms with Crippen LogP contribution in [0.15, 0.2) is 77.8 Å². The molecular formula is C29H27N3O7S2. The number of hydrogen-bond donors (Lipinski definition) is 3. The number of amides is 2. The van der Waals surface area contributed by atoms with Crippen molar-refractivity contribution < 1.29 is 32.6 Å². The first-order chi connectivity index (χ1) is 19.6. The number of carbonyl (C=O) groups is 3. The van der Waals surface area contributed by atoms with Crippen molar-refractivity contribution in [2.45, 2.75) is 24.7 Å². The number of aryl methyl sites for hydroxylation is 2. The topological polar surface area (TPSA) is 152 Å². The van der Waals surface area contributed by atoms with Crippen LogP contribution in [0.4, 0.5) is 15.6 Å². The van der Waals surface area contributed by atoms with Crippen molar-refractivity contribution in [2.75, 3.05) is 23.5 Å². The van der Waals surface area contributed by atoms with Crippen molar-refractivity contribution in [1.82, 2.24) is 4.98 Å². The van der Waals surface area contributed by atoms with E-state index in [0.717, 1.165) is 16.9 Å². The molecule has 212 valence electrons. The van der Waals surface area contributed by atoms with Crippen molar-refractivity contribution >= 4 is 49.8 Å². The van der Waals surface area contributed by atoms with Gasteiger partial charge in [-0.05, 0) is 55.3 Å². The maximum Gasteiger partial charge on any atom is 0.325 e. The number of sulfone groups is 1. The van der Waals surface area contributed by atoms with Gasteiger partial charge in [-0.25, -0.2) is 18.2 Å². The summed E-state index contributed by atoms with van der Waals surface area (Å²) in [5.74, 6) is -1.07. The van der Waals surface area contributed by atoms with Gasteiger partial charge in [-0.2, -0.15) is 0 Å². The molecule has 0 saturated heterocycles. The number of nitrogens with zero attached hydrogens (tertiary/aromatic N) is 1. The highest BCUT2D eigenvalue weighted by Gasteiger charge is 2.20. The molecule has 0 spiro atoms. The van der Waals surface area contributed by atoms with Gasteiger partial charge < -0.3 is 15.2 Å². The van der Waals surface area contributed by atoms with E-state index in [9.17, 15) is 22.8 Å². The minimum absolute atomic E-state index is 0.102. The summed E-state index contributed by atoms with van der Waals surface area (Å²) < 4.78 is 30.8. The quantitative estimate of drug-likeness (QED) is 0.206. The monoisotopic (exact) mass is 593 g/mol. The summed E-state index contributed by atoms with van der Waals surface area (Å²) in [4.78, 5) is 41.8.